The second kappa shape index (κ2) is 6.11. The van der Waals surface area contributed by atoms with Crippen molar-refractivity contribution in [1.29, 1.82) is 0 Å². The zero-order chi connectivity index (χ0) is 16.6. The number of anilines is 1. The van der Waals surface area contributed by atoms with Gasteiger partial charge in [-0.3, -0.25) is 0 Å². The molecule has 1 aromatic carbocycles. The minimum absolute atomic E-state index is 0.0748. The molecule has 2 aliphatic rings. The van der Waals surface area contributed by atoms with E-state index in [1.807, 2.05) is 0 Å². The van der Waals surface area contributed by atoms with E-state index in [2.05, 4.69) is 30.3 Å². The zero-order valence-corrected chi connectivity index (χ0v) is 14.9. The maximum absolute atomic E-state index is 5.63. The number of nitrogens with one attached hydrogen (secondary N) is 1. The topological polar surface area (TPSA) is 43.0 Å². The van der Waals surface area contributed by atoms with Gasteiger partial charge in [0.25, 0.3) is 0 Å². The highest BCUT2D eigenvalue weighted by Crippen LogP contribution is 2.53. The third-order valence-electron chi connectivity index (χ3n) is 5.49. The number of rotatable bonds is 5. The van der Waals surface area contributed by atoms with Crippen LogP contribution in [0.15, 0.2) is 6.07 Å². The van der Waals surface area contributed by atoms with Crippen LogP contribution < -0.4 is 19.5 Å². The zero-order valence-electron chi connectivity index (χ0n) is 14.9. The molecule has 2 heterocycles. The quantitative estimate of drug-likeness (QED) is 0.903. The molecule has 3 rings (SSSR count). The van der Waals surface area contributed by atoms with Gasteiger partial charge in [0.15, 0.2) is 11.5 Å². The van der Waals surface area contributed by atoms with E-state index in [1.54, 1.807) is 21.3 Å². The molecule has 5 heteroatoms. The van der Waals surface area contributed by atoms with E-state index in [-0.39, 0.29) is 5.41 Å². The number of nitrogens with zero attached hydrogens (tertiary/aromatic N) is 1. The van der Waals surface area contributed by atoms with Gasteiger partial charge in [-0.2, -0.15) is 0 Å². The van der Waals surface area contributed by atoms with Crippen LogP contribution in [-0.4, -0.2) is 52.4 Å². The molecule has 0 spiro atoms. The van der Waals surface area contributed by atoms with Gasteiger partial charge < -0.3 is 24.4 Å². The maximum atomic E-state index is 5.63. The van der Waals surface area contributed by atoms with E-state index in [0.29, 0.717) is 11.8 Å². The fourth-order valence-corrected chi connectivity index (χ4v) is 4.13. The van der Waals surface area contributed by atoms with Crippen molar-refractivity contribution in [2.24, 2.45) is 0 Å². The molecular weight excluding hydrogens is 292 g/mol. The van der Waals surface area contributed by atoms with Crippen LogP contribution in [0.3, 0.4) is 0 Å². The summed E-state index contributed by atoms with van der Waals surface area (Å²) in [5, 5.41) is 3.55. The molecule has 23 heavy (non-hydrogen) atoms. The molecule has 0 radical (unpaired) electrons. The van der Waals surface area contributed by atoms with E-state index in [9.17, 15) is 0 Å². The first-order chi connectivity index (χ1) is 11.0. The lowest BCUT2D eigenvalue weighted by atomic mass is 9.78. The van der Waals surface area contributed by atoms with Crippen LogP contribution >= 0.6 is 0 Å². The maximum Gasteiger partial charge on any atom is 0.205 e. The number of fused-ring (bicyclic) bond motifs is 1. The summed E-state index contributed by atoms with van der Waals surface area (Å²) < 4.78 is 16.7. The molecule has 2 aliphatic heterocycles. The summed E-state index contributed by atoms with van der Waals surface area (Å²) in [7, 11) is 7.24. The van der Waals surface area contributed by atoms with Crippen molar-refractivity contribution in [3.63, 3.8) is 0 Å². The summed E-state index contributed by atoms with van der Waals surface area (Å²) in [5.74, 6) is 2.13. The van der Waals surface area contributed by atoms with E-state index in [0.717, 1.165) is 30.2 Å². The fourth-order valence-electron chi connectivity index (χ4n) is 4.13. The Morgan fingerprint density at radius 2 is 1.96 bits per heavy atom. The summed E-state index contributed by atoms with van der Waals surface area (Å²) in [6, 6.07) is 2.76. The Morgan fingerprint density at radius 3 is 2.52 bits per heavy atom. The first-order valence-electron chi connectivity index (χ1n) is 8.31. The molecule has 128 valence electrons. The summed E-state index contributed by atoms with van der Waals surface area (Å²) in [5.41, 5.74) is 2.39. The van der Waals surface area contributed by atoms with Crippen molar-refractivity contribution in [2.45, 2.75) is 37.6 Å². The lowest BCUT2D eigenvalue weighted by Gasteiger charge is -2.31. The molecule has 1 fully saturated rings. The molecule has 0 amide bonds. The Kier molecular flexibility index (Phi) is 4.32. The standard InChI is InChI=1S/C18H28N2O3/c1-18(10-12-7-6-8-20(12)2)11-19-15-13(18)9-14(21-3)16(22-4)17(15)23-5/h9,12,19H,6-8,10-11H2,1-5H3/t12-,18?/m1/s1. The highest BCUT2D eigenvalue weighted by atomic mass is 16.5. The van der Waals surface area contributed by atoms with Crippen LogP contribution in [0.4, 0.5) is 5.69 Å². The van der Waals surface area contributed by atoms with Gasteiger partial charge in [0.05, 0.1) is 27.0 Å². The van der Waals surface area contributed by atoms with Crippen molar-refractivity contribution in [1.82, 2.24) is 4.90 Å². The third-order valence-corrected chi connectivity index (χ3v) is 5.49. The minimum atomic E-state index is 0.0748. The number of hydrogen-bond donors (Lipinski definition) is 1. The smallest absolute Gasteiger partial charge is 0.205 e. The second-order valence-electron chi connectivity index (χ2n) is 6.96. The molecule has 1 unspecified atom stereocenters. The Morgan fingerprint density at radius 1 is 1.22 bits per heavy atom. The summed E-state index contributed by atoms with van der Waals surface area (Å²) in [6.45, 7) is 4.46. The molecule has 0 aromatic heterocycles. The van der Waals surface area contributed by atoms with Crippen LogP contribution in [0.1, 0.15) is 31.7 Å². The van der Waals surface area contributed by atoms with Gasteiger partial charge in [0.2, 0.25) is 5.75 Å². The minimum Gasteiger partial charge on any atom is -0.493 e. The first kappa shape index (κ1) is 16.2. The lowest BCUT2D eigenvalue weighted by Crippen LogP contribution is -2.35. The largest absolute Gasteiger partial charge is 0.493 e. The van der Waals surface area contributed by atoms with E-state index in [1.165, 1.54) is 24.9 Å². The summed E-state index contributed by atoms with van der Waals surface area (Å²) in [6.07, 6.45) is 3.72. The average Bonchev–Trinajstić information content (AvgIpc) is 3.09. The summed E-state index contributed by atoms with van der Waals surface area (Å²) in [4.78, 5) is 2.49. The third kappa shape index (κ3) is 2.61. The average molecular weight is 320 g/mol. The molecule has 2 atom stereocenters. The van der Waals surface area contributed by atoms with E-state index < -0.39 is 0 Å². The van der Waals surface area contributed by atoms with Crippen molar-refractivity contribution >= 4 is 5.69 Å². The number of likely N-dealkylation sites (tertiary alicyclic amines) is 1. The number of hydrogen-bond acceptors (Lipinski definition) is 5. The van der Waals surface area contributed by atoms with Gasteiger partial charge in [-0.25, -0.2) is 0 Å². The molecule has 0 saturated carbocycles. The van der Waals surface area contributed by atoms with E-state index in [4.69, 9.17) is 14.2 Å². The van der Waals surface area contributed by atoms with Crippen LogP contribution in [0.5, 0.6) is 17.2 Å². The van der Waals surface area contributed by atoms with Crippen LogP contribution in [0.25, 0.3) is 0 Å². The highest BCUT2D eigenvalue weighted by Gasteiger charge is 2.41. The van der Waals surface area contributed by atoms with Gasteiger partial charge in [-0.05, 0) is 44.5 Å². The van der Waals surface area contributed by atoms with Gasteiger partial charge in [0, 0.05) is 18.0 Å². The van der Waals surface area contributed by atoms with Crippen molar-refractivity contribution in [3.8, 4) is 17.2 Å². The fraction of sp³-hybridized carbons (Fsp3) is 0.667. The molecule has 1 N–H and O–H groups in total. The van der Waals surface area contributed by atoms with Crippen molar-refractivity contribution in [3.05, 3.63) is 11.6 Å². The number of ether oxygens (including phenoxy) is 3. The number of methoxy groups -OCH3 is 3. The lowest BCUT2D eigenvalue weighted by molar-refractivity contribution is 0.254. The van der Waals surface area contributed by atoms with Crippen LogP contribution in [0, 0.1) is 0 Å². The molecule has 1 aromatic rings. The summed E-state index contributed by atoms with van der Waals surface area (Å²) >= 11 is 0. The van der Waals surface area contributed by atoms with Crippen molar-refractivity contribution < 1.29 is 14.2 Å². The Labute approximate surface area is 138 Å². The van der Waals surface area contributed by atoms with E-state index >= 15 is 0 Å². The predicted molar refractivity (Wildman–Crippen MR) is 92.2 cm³/mol. The van der Waals surface area contributed by atoms with Gasteiger partial charge in [-0.15, -0.1) is 0 Å². The normalized spacial score (nSPS) is 26.7. The molecular formula is C18H28N2O3. The van der Waals surface area contributed by atoms with Gasteiger partial charge in [-0.1, -0.05) is 6.92 Å². The molecule has 5 nitrogen and oxygen atoms in total. The Bertz CT molecular complexity index is 590. The van der Waals surface area contributed by atoms with Crippen LogP contribution in [-0.2, 0) is 5.41 Å². The molecule has 0 bridgehead atoms. The number of benzene rings is 1. The Hall–Kier alpha value is -1.62. The predicted octanol–water partition coefficient (Wildman–Crippen LogP) is 2.88. The monoisotopic (exact) mass is 320 g/mol. The Balaban J connectivity index is 2.01. The molecule has 1 saturated heterocycles. The van der Waals surface area contributed by atoms with Gasteiger partial charge in [0.1, 0.15) is 0 Å². The van der Waals surface area contributed by atoms with Crippen LogP contribution in [0.2, 0.25) is 0 Å². The highest BCUT2D eigenvalue weighted by molar-refractivity contribution is 5.76. The second-order valence-corrected chi connectivity index (χ2v) is 6.96. The van der Waals surface area contributed by atoms with Crippen molar-refractivity contribution in [2.75, 3.05) is 46.8 Å². The SMILES string of the molecule is COc1cc2c(c(OC)c1OC)NCC2(C)C[C@H]1CCCN1C. The first-order valence-corrected chi connectivity index (χ1v) is 8.31. The molecule has 0 aliphatic carbocycles. The van der Waals surface area contributed by atoms with Gasteiger partial charge >= 0.3 is 0 Å².